The van der Waals surface area contributed by atoms with Crippen molar-refractivity contribution < 1.29 is 18.3 Å². The van der Waals surface area contributed by atoms with E-state index in [1.807, 2.05) is 0 Å². The van der Waals surface area contributed by atoms with Gasteiger partial charge in [-0.25, -0.2) is 4.98 Å². The molecule has 3 rings (SSSR count). The molecule has 5 nitrogen and oxygen atoms in total. The average Bonchev–Trinajstić information content (AvgIpc) is 2.66. The molecule has 28 heavy (non-hydrogen) atoms. The second kappa shape index (κ2) is 8.45. The van der Waals surface area contributed by atoms with Crippen LogP contribution in [0.15, 0.2) is 60.8 Å². The zero-order chi connectivity index (χ0) is 20.1. The lowest BCUT2D eigenvalue weighted by Crippen LogP contribution is -2.14. The first kappa shape index (κ1) is 19.9. The molecule has 0 aliphatic rings. The third kappa shape index (κ3) is 5.34. The van der Waals surface area contributed by atoms with Gasteiger partial charge in [-0.3, -0.25) is 0 Å². The van der Waals surface area contributed by atoms with Gasteiger partial charge in [-0.1, -0.05) is 29.8 Å². The molecular weight excluding hydrogens is 393 g/mol. The number of aliphatic hydroxyl groups excluding tert-OH is 1. The van der Waals surface area contributed by atoms with E-state index in [4.69, 9.17) is 11.6 Å². The highest BCUT2D eigenvalue weighted by atomic mass is 35.5. The maximum Gasteiger partial charge on any atom is 0.416 e. The summed E-state index contributed by atoms with van der Waals surface area (Å²) in [6.45, 7) is -0.0189. The lowest BCUT2D eigenvalue weighted by molar-refractivity contribution is -0.137. The normalized spacial score (nSPS) is 12.5. The average molecular weight is 409 g/mol. The summed E-state index contributed by atoms with van der Waals surface area (Å²) < 4.78 is 38.4. The van der Waals surface area contributed by atoms with Gasteiger partial charge in [0, 0.05) is 23.5 Å². The summed E-state index contributed by atoms with van der Waals surface area (Å²) in [4.78, 5) is 8.35. The third-order valence-electron chi connectivity index (χ3n) is 3.81. The zero-order valence-corrected chi connectivity index (χ0v) is 15.2. The van der Waals surface area contributed by atoms with E-state index in [1.54, 1.807) is 30.3 Å². The number of hydrogen-bond acceptors (Lipinski definition) is 5. The standard InChI is InChI=1S/C19H16ClF3N4O/c20-14-5-2-6-15(10-14)26-18-24-8-7-17(27-18)25-11-16(28)12-3-1-4-13(9-12)19(21,22)23/h1-10,16,28H,11H2,(H2,24,25,26,27). The Morgan fingerprint density at radius 1 is 1.07 bits per heavy atom. The molecule has 1 aromatic heterocycles. The van der Waals surface area contributed by atoms with Gasteiger partial charge in [-0.15, -0.1) is 0 Å². The zero-order valence-electron chi connectivity index (χ0n) is 14.4. The number of nitrogens with one attached hydrogen (secondary N) is 2. The quantitative estimate of drug-likeness (QED) is 0.533. The van der Waals surface area contributed by atoms with E-state index in [-0.39, 0.29) is 12.1 Å². The first-order chi connectivity index (χ1) is 13.3. The number of anilines is 3. The Labute approximate surface area is 164 Å². The summed E-state index contributed by atoms with van der Waals surface area (Å²) in [7, 11) is 0. The van der Waals surface area contributed by atoms with Crippen molar-refractivity contribution in [2.45, 2.75) is 12.3 Å². The van der Waals surface area contributed by atoms with Gasteiger partial charge in [0.1, 0.15) is 5.82 Å². The highest BCUT2D eigenvalue weighted by Crippen LogP contribution is 2.30. The number of rotatable bonds is 6. The molecule has 0 fully saturated rings. The van der Waals surface area contributed by atoms with E-state index in [0.717, 1.165) is 12.1 Å². The number of aromatic nitrogens is 2. The summed E-state index contributed by atoms with van der Waals surface area (Å²) in [6.07, 6.45) is -4.09. The van der Waals surface area contributed by atoms with Crippen molar-refractivity contribution in [3.63, 3.8) is 0 Å². The minimum atomic E-state index is -4.46. The largest absolute Gasteiger partial charge is 0.416 e. The highest BCUT2D eigenvalue weighted by molar-refractivity contribution is 6.30. The molecule has 0 aliphatic carbocycles. The van der Waals surface area contributed by atoms with Gasteiger partial charge in [-0.05, 0) is 42.0 Å². The van der Waals surface area contributed by atoms with E-state index in [1.165, 1.54) is 18.3 Å². The van der Waals surface area contributed by atoms with Crippen LogP contribution in [0.1, 0.15) is 17.2 Å². The topological polar surface area (TPSA) is 70.1 Å². The number of nitrogens with zero attached hydrogens (tertiary/aromatic N) is 2. The van der Waals surface area contributed by atoms with E-state index < -0.39 is 17.8 Å². The number of hydrogen-bond donors (Lipinski definition) is 3. The summed E-state index contributed by atoms with van der Waals surface area (Å²) in [5.41, 5.74) is 0.0569. The fourth-order valence-corrected chi connectivity index (χ4v) is 2.64. The minimum absolute atomic E-state index is 0.0189. The van der Waals surface area contributed by atoms with E-state index >= 15 is 0 Å². The second-order valence-electron chi connectivity index (χ2n) is 5.92. The monoisotopic (exact) mass is 408 g/mol. The maximum atomic E-state index is 12.8. The van der Waals surface area contributed by atoms with Crippen molar-refractivity contribution in [2.75, 3.05) is 17.2 Å². The SMILES string of the molecule is OC(CNc1ccnc(Nc2cccc(Cl)c2)n1)c1cccc(C(F)(F)F)c1. The first-order valence-corrected chi connectivity index (χ1v) is 8.64. The van der Waals surface area contributed by atoms with Crippen LogP contribution in [0, 0.1) is 0 Å². The first-order valence-electron chi connectivity index (χ1n) is 8.26. The molecule has 0 amide bonds. The number of benzene rings is 2. The van der Waals surface area contributed by atoms with Gasteiger partial charge < -0.3 is 15.7 Å². The van der Waals surface area contributed by atoms with Gasteiger partial charge in [-0.2, -0.15) is 18.2 Å². The van der Waals surface area contributed by atoms with Crippen molar-refractivity contribution in [3.05, 3.63) is 76.9 Å². The molecule has 2 aromatic carbocycles. The van der Waals surface area contributed by atoms with Crippen LogP contribution in [0.4, 0.5) is 30.6 Å². The molecule has 3 N–H and O–H groups in total. The van der Waals surface area contributed by atoms with E-state index in [2.05, 4.69) is 20.6 Å². The van der Waals surface area contributed by atoms with Gasteiger partial charge in [0.25, 0.3) is 0 Å². The summed E-state index contributed by atoms with van der Waals surface area (Å²) >= 11 is 5.93. The molecule has 0 spiro atoms. The van der Waals surface area contributed by atoms with E-state index in [0.29, 0.717) is 22.5 Å². The van der Waals surface area contributed by atoms with Crippen LogP contribution in [0.5, 0.6) is 0 Å². The number of halogens is 4. The van der Waals surface area contributed by atoms with Gasteiger partial charge in [0.15, 0.2) is 0 Å². The summed E-state index contributed by atoms with van der Waals surface area (Å²) in [6, 6.07) is 13.2. The van der Waals surface area contributed by atoms with Crippen molar-refractivity contribution in [1.82, 2.24) is 9.97 Å². The molecule has 0 bridgehead atoms. The van der Waals surface area contributed by atoms with Crippen LogP contribution in [-0.4, -0.2) is 21.6 Å². The predicted octanol–water partition coefficient (Wildman–Crippen LogP) is 5.04. The Bertz CT molecular complexity index is 952. The number of alkyl halides is 3. The fourth-order valence-electron chi connectivity index (χ4n) is 2.45. The Kier molecular flexibility index (Phi) is 6.01. The molecule has 0 aliphatic heterocycles. The smallest absolute Gasteiger partial charge is 0.387 e. The molecule has 3 aromatic rings. The molecule has 0 radical (unpaired) electrons. The van der Waals surface area contributed by atoms with Crippen LogP contribution in [-0.2, 0) is 6.18 Å². The van der Waals surface area contributed by atoms with E-state index in [9.17, 15) is 18.3 Å². The molecule has 1 unspecified atom stereocenters. The fraction of sp³-hybridized carbons (Fsp3) is 0.158. The maximum absolute atomic E-state index is 12.8. The van der Waals surface area contributed by atoms with Gasteiger partial charge in [0.05, 0.1) is 11.7 Å². The van der Waals surface area contributed by atoms with Crippen molar-refractivity contribution in [2.24, 2.45) is 0 Å². The minimum Gasteiger partial charge on any atom is -0.387 e. The van der Waals surface area contributed by atoms with Crippen molar-refractivity contribution >= 4 is 29.1 Å². The molecule has 0 saturated carbocycles. The highest BCUT2D eigenvalue weighted by Gasteiger charge is 2.30. The Hall–Kier alpha value is -2.84. The predicted molar refractivity (Wildman–Crippen MR) is 102 cm³/mol. The van der Waals surface area contributed by atoms with Crippen LogP contribution in [0.3, 0.4) is 0 Å². The van der Waals surface area contributed by atoms with Crippen LogP contribution < -0.4 is 10.6 Å². The molecule has 0 saturated heterocycles. The molecular formula is C19H16ClF3N4O. The summed E-state index contributed by atoms with van der Waals surface area (Å²) in [5.74, 6) is 0.714. The van der Waals surface area contributed by atoms with Crippen LogP contribution in [0.25, 0.3) is 0 Å². The lowest BCUT2D eigenvalue weighted by atomic mass is 10.1. The van der Waals surface area contributed by atoms with Crippen LogP contribution >= 0.6 is 11.6 Å². The Morgan fingerprint density at radius 3 is 2.61 bits per heavy atom. The molecule has 146 valence electrons. The van der Waals surface area contributed by atoms with Crippen molar-refractivity contribution in [3.8, 4) is 0 Å². The van der Waals surface area contributed by atoms with Gasteiger partial charge in [0.2, 0.25) is 5.95 Å². The third-order valence-corrected chi connectivity index (χ3v) is 4.05. The molecule has 1 atom stereocenters. The van der Waals surface area contributed by atoms with Crippen molar-refractivity contribution in [1.29, 1.82) is 0 Å². The van der Waals surface area contributed by atoms with Gasteiger partial charge >= 0.3 is 6.18 Å². The lowest BCUT2D eigenvalue weighted by Gasteiger charge is -2.15. The Balaban J connectivity index is 1.65. The summed E-state index contributed by atoms with van der Waals surface area (Å²) in [5, 5.41) is 16.6. The van der Waals surface area contributed by atoms with Crippen LogP contribution in [0.2, 0.25) is 5.02 Å². The second-order valence-corrected chi connectivity index (χ2v) is 6.36. The molecule has 1 heterocycles. The Morgan fingerprint density at radius 2 is 1.86 bits per heavy atom. The number of aliphatic hydroxyl groups is 1. The molecule has 9 heteroatoms.